The fraction of sp³-hybridized carbons (Fsp3) is 0.300. The first-order valence-corrected chi connectivity index (χ1v) is 10.1. The number of fused-ring (bicyclic) bond motifs is 1. The molecule has 2 aromatic heterocycles. The summed E-state index contributed by atoms with van der Waals surface area (Å²) in [5.74, 6) is -0.807. The number of rotatable bonds is 4. The Bertz CT molecular complexity index is 998. The predicted molar refractivity (Wildman–Crippen MR) is 110 cm³/mol. The van der Waals surface area contributed by atoms with Gasteiger partial charge in [0, 0.05) is 18.3 Å². The third-order valence-corrected chi connectivity index (χ3v) is 5.92. The summed E-state index contributed by atoms with van der Waals surface area (Å²) in [6.07, 6.45) is 4.92. The van der Waals surface area contributed by atoms with Gasteiger partial charge in [0.2, 0.25) is 11.8 Å². The van der Waals surface area contributed by atoms with Gasteiger partial charge in [0.15, 0.2) is 5.13 Å². The van der Waals surface area contributed by atoms with E-state index in [9.17, 15) is 9.59 Å². The molecule has 4 rings (SSSR count). The van der Waals surface area contributed by atoms with Crippen molar-refractivity contribution in [1.82, 2.24) is 15.3 Å². The van der Waals surface area contributed by atoms with Gasteiger partial charge in [-0.25, -0.2) is 9.88 Å². The van der Waals surface area contributed by atoms with E-state index in [0.717, 1.165) is 34.4 Å². The van der Waals surface area contributed by atoms with Gasteiger partial charge in [-0.05, 0) is 61.3 Å². The number of nitrogens with one attached hydrogen (secondary N) is 1. The quantitative estimate of drug-likeness (QED) is 0.702. The van der Waals surface area contributed by atoms with Crippen molar-refractivity contribution in [2.24, 2.45) is 11.7 Å². The third kappa shape index (κ3) is 3.66. The topological polar surface area (TPSA) is 101 Å². The molecule has 1 fully saturated rings. The van der Waals surface area contributed by atoms with Gasteiger partial charge in [0.25, 0.3) is 0 Å². The molecule has 1 aliphatic heterocycles. The number of nitrogens with zero attached hydrogens (tertiary/aromatic N) is 3. The van der Waals surface area contributed by atoms with Gasteiger partial charge < -0.3 is 11.1 Å². The van der Waals surface area contributed by atoms with Crippen LogP contribution in [0.25, 0.3) is 21.3 Å². The lowest BCUT2D eigenvalue weighted by Gasteiger charge is -2.26. The third-order valence-electron chi connectivity index (χ3n) is 4.91. The van der Waals surface area contributed by atoms with Crippen molar-refractivity contribution in [3.05, 3.63) is 42.7 Å². The van der Waals surface area contributed by atoms with E-state index in [4.69, 9.17) is 5.73 Å². The van der Waals surface area contributed by atoms with Crippen LogP contribution in [-0.4, -0.2) is 41.4 Å². The number of carbonyl (C=O) groups is 2. The average molecular weight is 395 g/mol. The van der Waals surface area contributed by atoms with Gasteiger partial charge in [0.05, 0.1) is 16.8 Å². The summed E-state index contributed by atoms with van der Waals surface area (Å²) in [5, 5.41) is 3.63. The zero-order valence-electron chi connectivity index (χ0n) is 15.3. The van der Waals surface area contributed by atoms with Crippen LogP contribution < -0.4 is 16.0 Å². The summed E-state index contributed by atoms with van der Waals surface area (Å²) in [6, 6.07) is 9.78. The van der Waals surface area contributed by atoms with Crippen molar-refractivity contribution in [2.75, 3.05) is 24.5 Å². The Kier molecular flexibility index (Phi) is 5.43. The highest BCUT2D eigenvalue weighted by Gasteiger charge is 2.32. The van der Waals surface area contributed by atoms with E-state index < -0.39 is 5.91 Å². The second-order valence-electron chi connectivity index (χ2n) is 6.71. The van der Waals surface area contributed by atoms with Crippen LogP contribution in [0.5, 0.6) is 0 Å². The lowest BCUT2D eigenvalue weighted by atomic mass is 9.96. The number of aromatic nitrogens is 2. The van der Waals surface area contributed by atoms with Crippen LogP contribution in [0.1, 0.15) is 12.8 Å². The number of piperidine rings is 1. The molecule has 1 saturated heterocycles. The van der Waals surface area contributed by atoms with Crippen molar-refractivity contribution >= 4 is 38.5 Å². The van der Waals surface area contributed by atoms with Gasteiger partial charge in [-0.1, -0.05) is 17.4 Å². The Morgan fingerprint density at radius 2 is 1.89 bits per heavy atom. The molecule has 3 heterocycles. The number of hydrogen-bond donors (Lipinski definition) is 2. The SMILES string of the molecule is NCC(=O)N(C(=O)C1CCNCC1)c1nc2ccc(-c3ccncc3)cc2s1. The molecule has 8 heteroatoms. The summed E-state index contributed by atoms with van der Waals surface area (Å²) >= 11 is 1.34. The zero-order chi connectivity index (χ0) is 19.5. The van der Waals surface area contributed by atoms with Gasteiger partial charge >= 0.3 is 0 Å². The Balaban J connectivity index is 1.70. The number of anilines is 1. The largest absolute Gasteiger partial charge is 0.322 e. The maximum atomic E-state index is 13.0. The van der Waals surface area contributed by atoms with E-state index >= 15 is 0 Å². The molecule has 0 atom stereocenters. The highest BCUT2D eigenvalue weighted by molar-refractivity contribution is 7.22. The molecule has 0 spiro atoms. The van der Waals surface area contributed by atoms with Crippen LogP contribution >= 0.6 is 11.3 Å². The summed E-state index contributed by atoms with van der Waals surface area (Å²) in [7, 11) is 0. The van der Waals surface area contributed by atoms with E-state index in [-0.39, 0.29) is 18.4 Å². The number of hydrogen-bond acceptors (Lipinski definition) is 7. The number of thiazole rings is 1. The van der Waals surface area contributed by atoms with E-state index in [2.05, 4.69) is 15.3 Å². The second-order valence-corrected chi connectivity index (χ2v) is 7.72. The fourth-order valence-electron chi connectivity index (χ4n) is 3.40. The van der Waals surface area contributed by atoms with Crippen LogP contribution in [0, 0.1) is 5.92 Å². The summed E-state index contributed by atoms with van der Waals surface area (Å²) in [4.78, 5) is 35.3. The first-order valence-electron chi connectivity index (χ1n) is 9.26. The van der Waals surface area contributed by atoms with Gasteiger partial charge in [-0.2, -0.15) is 0 Å². The highest BCUT2D eigenvalue weighted by atomic mass is 32.1. The average Bonchev–Trinajstić information content (AvgIpc) is 3.17. The molecule has 2 amide bonds. The smallest absolute Gasteiger partial charge is 0.249 e. The Morgan fingerprint density at radius 3 is 2.61 bits per heavy atom. The molecule has 7 nitrogen and oxygen atoms in total. The van der Waals surface area contributed by atoms with Crippen molar-refractivity contribution in [3.8, 4) is 11.1 Å². The normalized spacial score (nSPS) is 14.9. The van der Waals surface area contributed by atoms with Crippen LogP contribution in [0.4, 0.5) is 5.13 Å². The number of imide groups is 1. The highest BCUT2D eigenvalue weighted by Crippen LogP contribution is 2.33. The maximum Gasteiger partial charge on any atom is 0.249 e. The molecule has 0 bridgehead atoms. The van der Waals surface area contributed by atoms with E-state index in [1.165, 1.54) is 16.2 Å². The van der Waals surface area contributed by atoms with Crippen LogP contribution in [-0.2, 0) is 9.59 Å². The van der Waals surface area contributed by atoms with Gasteiger partial charge in [0.1, 0.15) is 0 Å². The monoisotopic (exact) mass is 395 g/mol. The Morgan fingerprint density at radius 1 is 1.14 bits per heavy atom. The fourth-order valence-corrected chi connectivity index (χ4v) is 4.43. The molecule has 0 aliphatic carbocycles. The second kappa shape index (κ2) is 8.14. The molecule has 0 unspecified atom stereocenters. The van der Waals surface area contributed by atoms with E-state index in [1.807, 2.05) is 30.3 Å². The Hall–Kier alpha value is -2.68. The number of pyridine rings is 1. The number of benzene rings is 1. The van der Waals surface area contributed by atoms with Crippen molar-refractivity contribution in [3.63, 3.8) is 0 Å². The minimum absolute atomic E-state index is 0.184. The number of carbonyl (C=O) groups excluding carboxylic acids is 2. The van der Waals surface area contributed by atoms with E-state index in [0.29, 0.717) is 18.0 Å². The lowest BCUT2D eigenvalue weighted by Crippen LogP contribution is -2.46. The molecule has 1 aromatic carbocycles. The number of amides is 2. The van der Waals surface area contributed by atoms with Crippen molar-refractivity contribution in [2.45, 2.75) is 12.8 Å². The molecular weight excluding hydrogens is 374 g/mol. The molecule has 28 heavy (non-hydrogen) atoms. The summed E-state index contributed by atoms with van der Waals surface area (Å²) in [5.41, 5.74) is 8.42. The maximum absolute atomic E-state index is 13.0. The minimum Gasteiger partial charge on any atom is -0.322 e. The first kappa shape index (κ1) is 18.7. The molecule has 0 radical (unpaired) electrons. The van der Waals surface area contributed by atoms with Crippen molar-refractivity contribution < 1.29 is 9.59 Å². The predicted octanol–water partition coefficient (Wildman–Crippen LogP) is 2.18. The molecule has 144 valence electrons. The Labute approximate surface area is 166 Å². The number of nitrogens with two attached hydrogens (primary N) is 1. The molecule has 3 aromatic rings. The van der Waals surface area contributed by atoms with Crippen molar-refractivity contribution in [1.29, 1.82) is 0 Å². The standard InChI is InChI=1S/C20H21N5O2S/c21-12-18(26)25(19(27)14-5-9-23-10-6-14)20-24-16-2-1-15(11-17(16)28-20)13-3-7-22-8-4-13/h1-4,7-8,11,14,23H,5-6,9-10,12,21H2. The lowest BCUT2D eigenvalue weighted by molar-refractivity contribution is -0.128. The first-order chi connectivity index (χ1) is 13.7. The molecule has 3 N–H and O–H groups in total. The van der Waals surface area contributed by atoms with Crippen LogP contribution in [0.2, 0.25) is 0 Å². The summed E-state index contributed by atoms with van der Waals surface area (Å²) in [6.45, 7) is 1.32. The summed E-state index contributed by atoms with van der Waals surface area (Å²) < 4.78 is 0.914. The molecular formula is C20H21N5O2S. The van der Waals surface area contributed by atoms with Crippen LogP contribution in [0.3, 0.4) is 0 Å². The zero-order valence-corrected chi connectivity index (χ0v) is 16.1. The van der Waals surface area contributed by atoms with Gasteiger partial charge in [-0.3, -0.25) is 14.6 Å². The van der Waals surface area contributed by atoms with E-state index in [1.54, 1.807) is 12.4 Å². The molecule has 1 aliphatic rings. The minimum atomic E-state index is -0.419. The molecule has 0 saturated carbocycles. The van der Waals surface area contributed by atoms with Crippen LogP contribution in [0.15, 0.2) is 42.7 Å². The van der Waals surface area contributed by atoms with Gasteiger partial charge in [-0.15, -0.1) is 0 Å².